The average molecular weight is 363 g/mol. The molecule has 2 N–H and O–H groups in total. The summed E-state index contributed by atoms with van der Waals surface area (Å²) in [4.78, 5) is 4.51. The number of aliphatic imine (C=N–C) groups is 1. The van der Waals surface area contributed by atoms with Crippen LogP contribution in [0.15, 0.2) is 53.5 Å². The Morgan fingerprint density at radius 1 is 1.15 bits per heavy atom. The summed E-state index contributed by atoms with van der Waals surface area (Å²) < 4.78 is 43.6. The molecule has 1 unspecified atom stereocenters. The number of nitrogens with one attached hydrogen (secondary N) is 2. The van der Waals surface area contributed by atoms with Crippen LogP contribution in [0.4, 0.5) is 13.2 Å². The number of alkyl halides is 3. The molecule has 0 saturated heterocycles. The van der Waals surface area contributed by atoms with Crippen LogP contribution in [0.2, 0.25) is 0 Å². The fourth-order valence-electron chi connectivity index (χ4n) is 2.91. The van der Waals surface area contributed by atoms with Crippen LogP contribution >= 0.6 is 0 Å². The van der Waals surface area contributed by atoms with Crippen LogP contribution in [-0.4, -0.2) is 26.0 Å². The summed E-state index contributed by atoms with van der Waals surface area (Å²) in [6, 6.07) is 12.6. The van der Waals surface area contributed by atoms with E-state index in [-0.39, 0.29) is 6.04 Å². The maximum Gasteiger partial charge on any atom is 0.416 e. The average Bonchev–Trinajstić information content (AvgIpc) is 2.66. The van der Waals surface area contributed by atoms with Gasteiger partial charge in [0.2, 0.25) is 0 Å². The molecular formula is C19H20F3N3O. The highest BCUT2D eigenvalue weighted by atomic mass is 19.4. The van der Waals surface area contributed by atoms with Gasteiger partial charge in [-0.1, -0.05) is 30.3 Å². The Morgan fingerprint density at radius 3 is 2.58 bits per heavy atom. The Kier molecular flexibility index (Phi) is 5.46. The minimum absolute atomic E-state index is 0.263. The Hall–Kier alpha value is -2.54. The van der Waals surface area contributed by atoms with Crippen LogP contribution in [0.1, 0.15) is 22.7 Å². The molecule has 7 heteroatoms. The van der Waals surface area contributed by atoms with Gasteiger partial charge >= 0.3 is 6.18 Å². The number of hydrogen-bond donors (Lipinski definition) is 2. The van der Waals surface area contributed by atoms with Gasteiger partial charge in [0, 0.05) is 18.7 Å². The van der Waals surface area contributed by atoms with Gasteiger partial charge in [-0.05, 0) is 23.8 Å². The van der Waals surface area contributed by atoms with Gasteiger partial charge in [-0.15, -0.1) is 0 Å². The van der Waals surface area contributed by atoms with E-state index >= 15 is 0 Å². The predicted molar refractivity (Wildman–Crippen MR) is 94.3 cm³/mol. The second kappa shape index (κ2) is 7.78. The van der Waals surface area contributed by atoms with Gasteiger partial charge in [0.25, 0.3) is 0 Å². The molecule has 0 bridgehead atoms. The first-order valence-corrected chi connectivity index (χ1v) is 8.29. The number of amidine groups is 1. The highest BCUT2D eigenvalue weighted by molar-refractivity contribution is 5.89. The molecule has 1 aliphatic rings. The van der Waals surface area contributed by atoms with E-state index < -0.39 is 11.7 Å². The van der Waals surface area contributed by atoms with Gasteiger partial charge in [0.15, 0.2) is 0 Å². The zero-order valence-electron chi connectivity index (χ0n) is 14.3. The van der Waals surface area contributed by atoms with E-state index in [9.17, 15) is 13.2 Å². The summed E-state index contributed by atoms with van der Waals surface area (Å²) in [5.74, 6) is 1.48. The lowest BCUT2D eigenvalue weighted by Gasteiger charge is -2.26. The largest absolute Gasteiger partial charge is 0.496 e. The number of nitrogens with zero attached hydrogens (tertiary/aromatic N) is 1. The summed E-state index contributed by atoms with van der Waals surface area (Å²) >= 11 is 0. The Labute approximate surface area is 150 Å². The van der Waals surface area contributed by atoms with Crippen LogP contribution in [0.3, 0.4) is 0 Å². The standard InChI is InChI=1S/C19H20F3N3O/c1-26-16-5-3-2-4-14(16)12-25-18-17(23-10-11-24-18)13-6-8-15(9-7-13)19(20,21)22/h2-9,17,23H,10-12H2,1H3,(H,24,25). The van der Waals surface area contributed by atoms with E-state index in [4.69, 9.17) is 4.74 Å². The molecule has 2 aromatic carbocycles. The molecule has 1 heterocycles. The molecule has 0 aromatic heterocycles. The van der Waals surface area contributed by atoms with E-state index in [0.29, 0.717) is 25.5 Å². The molecule has 0 fully saturated rings. The van der Waals surface area contributed by atoms with Crippen molar-refractivity contribution in [2.75, 3.05) is 20.2 Å². The maximum atomic E-state index is 12.8. The van der Waals surface area contributed by atoms with Crippen LogP contribution < -0.4 is 15.4 Å². The van der Waals surface area contributed by atoms with Crippen molar-refractivity contribution in [3.63, 3.8) is 0 Å². The first-order valence-electron chi connectivity index (χ1n) is 8.29. The van der Waals surface area contributed by atoms with Crippen molar-refractivity contribution in [3.8, 4) is 5.75 Å². The molecule has 0 spiro atoms. The number of ether oxygens (including phenoxy) is 1. The fourth-order valence-corrected chi connectivity index (χ4v) is 2.91. The highest BCUT2D eigenvalue weighted by Gasteiger charge is 2.30. The zero-order valence-corrected chi connectivity index (χ0v) is 14.3. The van der Waals surface area contributed by atoms with Crippen LogP contribution in [0.25, 0.3) is 0 Å². The second-order valence-corrected chi connectivity index (χ2v) is 5.94. The number of para-hydroxylation sites is 1. The van der Waals surface area contributed by atoms with Crippen LogP contribution in [-0.2, 0) is 12.7 Å². The highest BCUT2D eigenvalue weighted by Crippen LogP contribution is 2.30. The predicted octanol–water partition coefficient (Wildman–Crippen LogP) is 3.55. The third kappa shape index (κ3) is 4.16. The van der Waals surface area contributed by atoms with E-state index in [1.807, 2.05) is 24.3 Å². The summed E-state index contributed by atoms with van der Waals surface area (Å²) in [6.07, 6.45) is -4.34. The maximum absolute atomic E-state index is 12.8. The normalized spacial score (nSPS) is 17.5. The van der Waals surface area contributed by atoms with Crippen LogP contribution in [0.5, 0.6) is 5.75 Å². The lowest BCUT2D eigenvalue weighted by Crippen LogP contribution is -2.42. The van der Waals surface area contributed by atoms with E-state index in [1.165, 1.54) is 12.1 Å². The van der Waals surface area contributed by atoms with Gasteiger partial charge in [-0.2, -0.15) is 13.2 Å². The lowest BCUT2D eigenvalue weighted by atomic mass is 10.0. The van der Waals surface area contributed by atoms with E-state index in [2.05, 4.69) is 15.6 Å². The van der Waals surface area contributed by atoms with Crippen molar-refractivity contribution >= 4 is 5.84 Å². The molecule has 26 heavy (non-hydrogen) atoms. The monoisotopic (exact) mass is 363 g/mol. The third-order valence-corrected chi connectivity index (χ3v) is 4.24. The Balaban J connectivity index is 1.75. The van der Waals surface area contributed by atoms with Crippen molar-refractivity contribution < 1.29 is 17.9 Å². The molecule has 1 aliphatic heterocycles. The molecule has 0 amide bonds. The smallest absolute Gasteiger partial charge is 0.416 e. The minimum atomic E-state index is -4.34. The van der Waals surface area contributed by atoms with Gasteiger partial charge in [-0.3, -0.25) is 4.99 Å². The zero-order chi connectivity index (χ0) is 18.6. The molecular weight excluding hydrogens is 343 g/mol. The van der Waals surface area contributed by atoms with Crippen molar-refractivity contribution in [2.45, 2.75) is 18.8 Å². The number of methoxy groups -OCH3 is 1. The Morgan fingerprint density at radius 2 is 1.88 bits per heavy atom. The first kappa shape index (κ1) is 18.3. The topological polar surface area (TPSA) is 45.6 Å². The number of rotatable bonds is 4. The van der Waals surface area contributed by atoms with Crippen molar-refractivity contribution in [1.29, 1.82) is 0 Å². The SMILES string of the molecule is COc1ccccc1CNC1=NCCNC1c1ccc(C(F)(F)F)cc1. The molecule has 138 valence electrons. The fraction of sp³-hybridized carbons (Fsp3) is 0.316. The lowest BCUT2D eigenvalue weighted by molar-refractivity contribution is -0.137. The van der Waals surface area contributed by atoms with E-state index in [0.717, 1.165) is 29.0 Å². The van der Waals surface area contributed by atoms with Crippen molar-refractivity contribution in [1.82, 2.24) is 10.6 Å². The van der Waals surface area contributed by atoms with Gasteiger partial charge in [-0.25, -0.2) is 0 Å². The summed E-state index contributed by atoms with van der Waals surface area (Å²) in [7, 11) is 1.61. The van der Waals surface area contributed by atoms with Crippen LogP contribution in [0, 0.1) is 0 Å². The number of hydrogen-bond acceptors (Lipinski definition) is 4. The Bertz CT molecular complexity index is 772. The molecule has 2 aromatic rings. The van der Waals surface area contributed by atoms with E-state index in [1.54, 1.807) is 7.11 Å². The summed E-state index contributed by atoms with van der Waals surface area (Å²) in [5.41, 5.74) is 1.07. The van der Waals surface area contributed by atoms with Gasteiger partial charge in [0.1, 0.15) is 11.6 Å². The number of halogens is 3. The first-order chi connectivity index (χ1) is 12.5. The second-order valence-electron chi connectivity index (χ2n) is 5.94. The number of benzene rings is 2. The third-order valence-electron chi connectivity index (χ3n) is 4.24. The van der Waals surface area contributed by atoms with Gasteiger partial charge < -0.3 is 15.4 Å². The molecule has 3 rings (SSSR count). The summed E-state index contributed by atoms with van der Waals surface area (Å²) in [6.45, 7) is 1.80. The molecule has 0 saturated carbocycles. The minimum Gasteiger partial charge on any atom is -0.496 e. The molecule has 0 radical (unpaired) electrons. The molecule has 1 atom stereocenters. The van der Waals surface area contributed by atoms with Crippen molar-refractivity contribution in [3.05, 3.63) is 65.2 Å². The molecule has 4 nitrogen and oxygen atoms in total. The quantitative estimate of drug-likeness (QED) is 0.873. The molecule has 0 aliphatic carbocycles. The van der Waals surface area contributed by atoms with Gasteiger partial charge in [0.05, 0.1) is 25.3 Å². The summed E-state index contributed by atoms with van der Waals surface area (Å²) in [5, 5.41) is 6.59. The van der Waals surface area contributed by atoms with Crippen molar-refractivity contribution in [2.24, 2.45) is 4.99 Å².